The number of halogens is 1. The largest absolute Gasteiger partial charge is 0.383 e. The Morgan fingerprint density at radius 3 is 2.64 bits per heavy atom. The van der Waals surface area contributed by atoms with E-state index < -0.39 is 4.92 Å². The van der Waals surface area contributed by atoms with E-state index in [1.54, 1.807) is 19.2 Å². The minimum atomic E-state index is -0.479. The van der Waals surface area contributed by atoms with Gasteiger partial charge in [0, 0.05) is 7.05 Å². The second-order valence-electron chi connectivity index (χ2n) is 2.83. The van der Waals surface area contributed by atoms with Gasteiger partial charge in [-0.1, -0.05) is 18.5 Å². The zero-order chi connectivity index (χ0) is 10.7. The Hall–Kier alpha value is -1.29. The van der Waals surface area contributed by atoms with Crippen LogP contribution in [0.15, 0.2) is 12.1 Å². The van der Waals surface area contributed by atoms with Gasteiger partial charge in [-0.15, -0.1) is 0 Å². The predicted molar refractivity (Wildman–Crippen MR) is 57.0 cm³/mol. The number of nitro groups is 1. The van der Waals surface area contributed by atoms with E-state index in [1.807, 2.05) is 6.92 Å². The third-order valence-corrected chi connectivity index (χ3v) is 2.27. The monoisotopic (exact) mass is 214 g/mol. The molecule has 1 aromatic carbocycles. The molecule has 0 aromatic heterocycles. The lowest BCUT2D eigenvalue weighted by Crippen LogP contribution is -1.98. The Kier molecular flexibility index (Phi) is 3.30. The summed E-state index contributed by atoms with van der Waals surface area (Å²) in [6, 6.07) is 3.37. The Balaban J connectivity index is 3.34. The predicted octanol–water partition coefficient (Wildman–Crippen LogP) is 2.85. The molecule has 0 aliphatic carbocycles. The van der Waals surface area contributed by atoms with E-state index in [4.69, 9.17) is 11.6 Å². The molecule has 5 heteroatoms. The molecule has 0 saturated carbocycles. The molecule has 76 valence electrons. The smallest absolute Gasteiger partial charge is 0.310 e. The second-order valence-corrected chi connectivity index (χ2v) is 3.24. The van der Waals surface area contributed by atoms with Crippen LogP contribution < -0.4 is 5.32 Å². The summed E-state index contributed by atoms with van der Waals surface area (Å²) >= 11 is 5.81. The van der Waals surface area contributed by atoms with Crippen molar-refractivity contribution in [1.82, 2.24) is 0 Å². The number of benzene rings is 1. The number of anilines is 1. The topological polar surface area (TPSA) is 55.2 Å². The van der Waals surface area contributed by atoms with Crippen LogP contribution in [0.4, 0.5) is 11.4 Å². The van der Waals surface area contributed by atoms with E-state index in [1.165, 1.54) is 0 Å². The van der Waals surface area contributed by atoms with Crippen LogP contribution in [0.3, 0.4) is 0 Å². The molecular weight excluding hydrogens is 204 g/mol. The molecule has 0 spiro atoms. The first-order valence-electron chi connectivity index (χ1n) is 4.24. The number of hydrogen-bond acceptors (Lipinski definition) is 3. The Morgan fingerprint density at radius 1 is 1.57 bits per heavy atom. The van der Waals surface area contributed by atoms with Gasteiger partial charge in [-0.2, -0.15) is 0 Å². The van der Waals surface area contributed by atoms with Crippen LogP contribution in [0.25, 0.3) is 0 Å². The molecular formula is C9H11ClN2O2. The summed E-state index contributed by atoms with van der Waals surface area (Å²) in [6.45, 7) is 1.97. The van der Waals surface area contributed by atoms with E-state index in [-0.39, 0.29) is 10.7 Å². The average molecular weight is 215 g/mol. The molecule has 0 fully saturated rings. The van der Waals surface area contributed by atoms with Crippen molar-refractivity contribution in [3.8, 4) is 0 Å². The molecule has 1 N–H and O–H groups in total. The van der Waals surface area contributed by atoms with Gasteiger partial charge < -0.3 is 5.32 Å². The number of nitrogens with zero attached hydrogens (tertiary/aromatic N) is 1. The lowest BCUT2D eigenvalue weighted by molar-refractivity contribution is -0.383. The highest BCUT2D eigenvalue weighted by molar-refractivity contribution is 6.33. The summed E-state index contributed by atoms with van der Waals surface area (Å²) in [5, 5.41) is 13.6. The Labute approximate surface area is 87.0 Å². The first-order chi connectivity index (χ1) is 6.60. The molecule has 14 heavy (non-hydrogen) atoms. The van der Waals surface area contributed by atoms with Crippen molar-refractivity contribution in [1.29, 1.82) is 0 Å². The van der Waals surface area contributed by atoms with Gasteiger partial charge in [0.05, 0.1) is 4.92 Å². The lowest BCUT2D eigenvalue weighted by Gasteiger charge is -2.06. The van der Waals surface area contributed by atoms with E-state index >= 15 is 0 Å². The fraction of sp³-hybridized carbons (Fsp3) is 0.333. The average Bonchev–Trinajstić information content (AvgIpc) is 2.15. The van der Waals surface area contributed by atoms with Crippen molar-refractivity contribution in [2.45, 2.75) is 13.3 Å². The van der Waals surface area contributed by atoms with Gasteiger partial charge in [0.25, 0.3) is 0 Å². The molecule has 0 aliphatic rings. The highest BCUT2D eigenvalue weighted by Gasteiger charge is 2.18. The molecule has 1 aromatic rings. The molecule has 0 saturated heterocycles. The maximum absolute atomic E-state index is 10.7. The van der Waals surface area contributed by atoms with Gasteiger partial charge in [0.15, 0.2) is 0 Å². The molecule has 4 nitrogen and oxygen atoms in total. The van der Waals surface area contributed by atoms with Gasteiger partial charge in [0.2, 0.25) is 0 Å². The highest BCUT2D eigenvalue weighted by atomic mass is 35.5. The van der Waals surface area contributed by atoms with E-state index in [2.05, 4.69) is 5.32 Å². The van der Waals surface area contributed by atoms with Crippen molar-refractivity contribution < 1.29 is 4.92 Å². The molecule has 0 bridgehead atoms. The van der Waals surface area contributed by atoms with Crippen molar-refractivity contribution in [3.63, 3.8) is 0 Å². The van der Waals surface area contributed by atoms with Gasteiger partial charge in [-0.25, -0.2) is 0 Å². The SMILES string of the molecule is CCc1cc(Cl)c([N+](=O)[O-])c(NC)c1. The number of nitrogens with one attached hydrogen (secondary N) is 1. The molecule has 0 aliphatic heterocycles. The van der Waals surface area contributed by atoms with E-state index in [9.17, 15) is 10.1 Å². The van der Waals surface area contributed by atoms with Crippen molar-refractivity contribution >= 4 is 23.0 Å². The van der Waals surface area contributed by atoms with Gasteiger partial charge >= 0.3 is 5.69 Å². The van der Waals surface area contributed by atoms with E-state index in [0.29, 0.717) is 5.69 Å². The summed E-state index contributed by atoms with van der Waals surface area (Å²) < 4.78 is 0. The van der Waals surface area contributed by atoms with Crippen LogP contribution in [-0.4, -0.2) is 12.0 Å². The van der Waals surface area contributed by atoms with Crippen LogP contribution >= 0.6 is 11.6 Å². The second kappa shape index (κ2) is 4.28. The Morgan fingerprint density at radius 2 is 2.21 bits per heavy atom. The summed E-state index contributed by atoms with van der Waals surface area (Å²) in [5.74, 6) is 0. The zero-order valence-corrected chi connectivity index (χ0v) is 8.76. The third kappa shape index (κ3) is 1.96. The van der Waals surface area contributed by atoms with Crippen LogP contribution in [0.1, 0.15) is 12.5 Å². The van der Waals surface area contributed by atoms with Gasteiger partial charge in [0.1, 0.15) is 10.7 Å². The molecule has 1 rings (SSSR count). The molecule has 0 amide bonds. The minimum absolute atomic E-state index is 0.0635. The number of aryl methyl sites for hydroxylation is 1. The summed E-state index contributed by atoms with van der Waals surface area (Å²) in [6.07, 6.45) is 0.798. The highest BCUT2D eigenvalue weighted by Crippen LogP contribution is 2.33. The van der Waals surface area contributed by atoms with Crippen molar-refractivity contribution in [2.75, 3.05) is 12.4 Å². The fourth-order valence-corrected chi connectivity index (χ4v) is 1.55. The van der Waals surface area contributed by atoms with Crippen LogP contribution in [0.5, 0.6) is 0 Å². The summed E-state index contributed by atoms with van der Waals surface area (Å²) in [7, 11) is 1.64. The number of rotatable bonds is 3. The van der Waals surface area contributed by atoms with Crippen molar-refractivity contribution in [3.05, 3.63) is 32.8 Å². The first-order valence-corrected chi connectivity index (χ1v) is 4.62. The molecule has 0 radical (unpaired) electrons. The summed E-state index contributed by atoms with van der Waals surface area (Å²) in [5.41, 5.74) is 1.37. The van der Waals surface area contributed by atoms with Crippen LogP contribution in [-0.2, 0) is 6.42 Å². The van der Waals surface area contributed by atoms with Crippen molar-refractivity contribution in [2.24, 2.45) is 0 Å². The van der Waals surface area contributed by atoms with Gasteiger partial charge in [-0.05, 0) is 24.1 Å². The quantitative estimate of drug-likeness (QED) is 0.622. The maximum atomic E-state index is 10.7. The molecule has 0 unspecified atom stereocenters. The normalized spacial score (nSPS) is 9.93. The number of hydrogen-bond donors (Lipinski definition) is 1. The maximum Gasteiger partial charge on any atom is 0.310 e. The lowest BCUT2D eigenvalue weighted by atomic mass is 10.1. The van der Waals surface area contributed by atoms with Crippen LogP contribution in [0, 0.1) is 10.1 Å². The van der Waals surface area contributed by atoms with Gasteiger partial charge in [-0.3, -0.25) is 10.1 Å². The first kappa shape index (κ1) is 10.8. The third-order valence-electron chi connectivity index (χ3n) is 1.98. The summed E-state index contributed by atoms with van der Waals surface area (Å²) in [4.78, 5) is 10.2. The fourth-order valence-electron chi connectivity index (χ4n) is 1.24. The van der Waals surface area contributed by atoms with Crippen LogP contribution in [0.2, 0.25) is 5.02 Å². The number of nitro benzene ring substituents is 1. The minimum Gasteiger partial charge on any atom is -0.383 e. The molecule has 0 atom stereocenters. The zero-order valence-electron chi connectivity index (χ0n) is 8.00. The molecule has 0 heterocycles. The van der Waals surface area contributed by atoms with E-state index in [0.717, 1.165) is 12.0 Å². The standard InChI is InChI=1S/C9H11ClN2O2/c1-3-6-4-7(10)9(12(13)14)8(5-6)11-2/h4-5,11H,3H2,1-2H3. The Bertz CT molecular complexity index is 366.